The minimum absolute atomic E-state index is 0.0313. The number of esters is 1. The molecule has 2 amide bonds. The number of carbonyl (C=O) groups excluding carboxylic acids is 3. The second-order valence-electron chi connectivity index (χ2n) is 6.71. The standard InChI is InChI=1S/C23H15Cl2NO5S/c1-30-22(28)15-6-3-2-5-14(15)19-10-9-13(31-19)11-20-21(27)26(23(29)32-20)12-16-17(24)7-4-8-18(16)25/h2-11H,12H2,1H3/b20-11-. The van der Waals surface area contributed by atoms with E-state index in [4.69, 9.17) is 32.4 Å². The van der Waals surface area contributed by atoms with Crippen LogP contribution < -0.4 is 0 Å². The minimum Gasteiger partial charge on any atom is -0.465 e. The molecule has 0 radical (unpaired) electrons. The molecule has 0 saturated carbocycles. The van der Waals surface area contributed by atoms with Crippen LogP contribution in [-0.2, 0) is 16.1 Å². The van der Waals surface area contributed by atoms with E-state index in [0.29, 0.717) is 38.3 Å². The number of furan rings is 1. The number of imide groups is 1. The predicted octanol–water partition coefficient (Wildman–Crippen LogP) is 6.28. The van der Waals surface area contributed by atoms with E-state index in [1.165, 1.54) is 13.2 Å². The summed E-state index contributed by atoms with van der Waals surface area (Å²) in [6, 6.07) is 15.2. The van der Waals surface area contributed by atoms with Crippen molar-refractivity contribution in [3.05, 3.63) is 86.4 Å². The number of ether oxygens (including phenoxy) is 1. The van der Waals surface area contributed by atoms with Crippen molar-refractivity contribution < 1.29 is 23.5 Å². The molecule has 4 rings (SSSR count). The highest BCUT2D eigenvalue weighted by molar-refractivity contribution is 8.18. The summed E-state index contributed by atoms with van der Waals surface area (Å²) in [6.07, 6.45) is 1.49. The topological polar surface area (TPSA) is 76.8 Å². The van der Waals surface area contributed by atoms with Gasteiger partial charge in [0.1, 0.15) is 11.5 Å². The number of benzene rings is 2. The second kappa shape index (κ2) is 9.24. The fraction of sp³-hybridized carbons (Fsp3) is 0.0870. The van der Waals surface area contributed by atoms with Crippen molar-refractivity contribution in [2.75, 3.05) is 7.11 Å². The van der Waals surface area contributed by atoms with Gasteiger partial charge in [0, 0.05) is 27.2 Å². The van der Waals surface area contributed by atoms with Gasteiger partial charge in [0.05, 0.1) is 24.1 Å². The van der Waals surface area contributed by atoms with Crippen molar-refractivity contribution in [3.8, 4) is 11.3 Å². The molecule has 1 aliphatic heterocycles. The minimum atomic E-state index is -0.488. The number of methoxy groups -OCH3 is 1. The third-order valence-electron chi connectivity index (χ3n) is 4.75. The van der Waals surface area contributed by atoms with Crippen molar-refractivity contribution >= 4 is 58.2 Å². The SMILES string of the molecule is COC(=O)c1ccccc1-c1ccc(/C=C2\SC(=O)N(Cc3c(Cl)cccc3Cl)C2=O)o1. The van der Waals surface area contributed by atoms with E-state index < -0.39 is 17.1 Å². The fourth-order valence-corrected chi connectivity index (χ4v) is 4.50. The summed E-state index contributed by atoms with van der Waals surface area (Å²) in [6.45, 7) is -0.0313. The number of nitrogens with zero attached hydrogens (tertiary/aromatic N) is 1. The molecule has 0 unspecified atom stereocenters. The Hall–Kier alpha value is -3.00. The second-order valence-corrected chi connectivity index (χ2v) is 8.51. The van der Waals surface area contributed by atoms with Gasteiger partial charge in [0.15, 0.2) is 0 Å². The smallest absolute Gasteiger partial charge is 0.338 e. The summed E-state index contributed by atoms with van der Waals surface area (Å²) >= 11 is 13.1. The molecule has 0 bridgehead atoms. The highest BCUT2D eigenvalue weighted by atomic mass is 35.5. The zero-order chi connectivity index (χ0) is 22.8. The van der Waals surface area contributed by atoms with Crippen LogP contribution in [0, 0.1) is 0 Å². The van der Waals surface area contributed by atoms with Crippen LogP contribution in [0.5, 0.6) is 0 Å². The lowest BCUT2D eigenvalue weighted by atomic mass is 10.1. The van der Waals surface area contributed by atoms with Gasteiger partial charge < -0.3 is 9.15 Å². The first-order chi connectivity index (χ1) is 15.4. The van der Waals surface area contributed by atoms with Crippen LogP contribution in [0.15, 0.2) is 63.9 Å². The molecule has 1 saturated heterocycles. The molecule has 162 valence electrons. The number of hydrogen-bond acceptors (Lipinski definition) is 6. The third kappa shape index (κ3) is 4.32. The van der Waals surface area contributed by atoms with E-state index in [-0.39, 0.29) is 11.4 Å². The lowest BCUT2D eigenvalue weighted by Crippen LogP contribution is -2.27. The van der Waals surface area contributed by atoms with E-state index in [1.807, 2.05) is 0 Å². The van der Waals surface area contributed by atoms with Gasteiger partial charge in [-0.05, 0) is 42.1 Å². The molecule has 0 aliphatic carbocycles. The Bertz CT molecular complexity index is 1250. The molecule has 0 atom stereocenters. The predicted molar refractivity (Wildman–Crippen MR) is 123 cm³/mol. The maximum absolute atomic E-state index is 12.8. The maximum Gasteiger partial charge on any atom is 0.338 e. The average Bonchev–Trinajstić information content (AvgIpc) is 3.35. The van der Waals surface area contributed by atoms with Crippen LogP contribution in [0.3, 0.4) is 0 Å². The number of amides is 2. The van der Waals surface area contributed by atoms with Gasteiger partial charge >= 0.3 is 5.97 Å². The zero-order valence-electron chi connectivity index (χ0n) is 16.6. The van der Waals surface area contributed by atoms with Crippen molar-refractivity contribution in [1.82, 2.24) is 4.90 Å². The summed E-state index contributed by atoms with van der Waals surface area (Å²) in [5.41, 5.74) is 1.41. The highest BCUT2D eigenvalue weighted by Gasteiger charge is 2.36. The Morgan fingerprint density at radius 2 is 1.78 bits per heavy atom. The van der Waals surface area contributed by atoms with Gasteiger partial charge in [-0.25, -0.2) is 4.79 Å². The molecule has 9 heteroatoms. The summed E-state index contributed by atoms with van der Waals surface area (Å²) < 4.78 is 10.6. The quantitative estimate of drug-likeness (QED) is 0.311. The molecular weight excluding hydrogens is 473 g/mol. The maximum atomic E-state index is 12.8. The van der Waals surface area contributed by atoms with Gasteiger partial charge in [0.2, 0.25) is 0 Å². The van der Waals surface area contributed by atoms with Crippen LogP contribution in [-0.4, -0.2) is 29.1 Å². The van der Waals surface area contributed by atoms with Gasteiger partial charge in [-0.3, -0.25) is 14.5 Å². The Kier molecular flexibility index (Phi) is 6.41. The first-order valence-electron chi connectivity index (χ1n) is 9.35. The van der Waals surface area contributed by atoms with Gasteiger partial charge in [0.25, 0.3) is 11.1 Å². The lowest BCUT2D eigenvalue weighted by molar-refractivity contribution is -0.123. The van der Waals surface area contributed by atoms with Crippen LogP contribution in [0.2, 0.25) is 10.0 Å². The Labute approximate surface area is 197 Å². The van der Waals surface area contributed by atoms with Gasteiger partial charge in [-0.15, -0.1) is 0 Å². The molecular formula is C23H15Cl2NO5S. The Morgan fingerprint density at radius 1 is 1.06 bits per heavy atom. The molecule has 1 aliphatic rings. The van der Waals surface area contributed by atoms with Crippen LogP contribution in [0.25, 0.3) is 17.4 Å². The van der Waals surface area contributed by atoms with E-state index in [0.717, 1.165) is 16.7 Å². The molecule has 0 spiro atoms. The van der Waals surface area contributed by atoms with E-state index >= 15 is 0 Å². The van der Waals surface area contributed by atoms with Crippen molar-refractivity contribution in [3.63, 3.8) is 0 Å². The van der Waals surface area contributed by atoms with Crippen LogP contribution in [0.1, 0.15) is 21.7 Å². The Balaban J connectivity index is 1.59. The van der Waals surface area contributed by atoms with Crippen LogP contribution in [0.4, 0.5) is 4.79 Å². The number of hydrogen-bond donors (Lipinski definition) is 0. The van der Waals surface area contributed by atoms with Crippen molar-refractivity contribution in [2.24, 2.45) is 0 Å². The summed E-state index contributed by atoms with van der Waals surface area (Å²) in [4.78, 5) is 38.6. The number of halogens is 2. The Morgan fingerprint density at radius 3 is 2.50 bits per heavy atom. The fourth-order valence-electron chi connectivity index (χ4n) is 3.17. The number of rotatable bonds is 5. The monoisotopic (exact) mass is 487 g/mol. The molecule has 6 nitrogen and oxygen atoms in total. The summed E-state index contributed by atoms with van der Waals surface area (Å²) in [7, 11) is 1.30. The van der Waals surface area contributed by atoms with Gasteiger partial charge in [-0.1, -0.05) is 47.5 Å². The molecule has 2 heterocycles. The first-order valence-corrected chi connectivity index (χ1v) is 10.9. The van der Waals surface area contributed by atoms with Crippen molar-refractivity contribution in [1.29, 1.82) is 0 Å². The molecule has 1 aromatic heterocycles. The largest absolute Gasteiger partial charge is 0.465 e. The lowest BCUT2D eigenvalue weighted by Gasteiger charge is -2.14. The van der Waals surface area contributed by atoms with Crippen molar-refractivity contribution in [2.45, 2.75) is 6.54 Å². The van der Waals surface area contributed by atoms with E-state index in [1.54, 1.807) is 54.6 Å². The third-order valence-corrected chi connectivity index (χ3v) is 6.37. The normalized spacial score (nSPS) is 15.0. The average molecular weight is 488 g/mol. The molecule has 2 aromatic carbocycles. The van der Waals surface area contributed by atoms with E-state index in [9.17, 15) is 14.4 Å². The van der Waals surface area contributed by atoms with E-state index in [2.05, 4.69) is 0 Å². The first kappa shape index (κ1) is 22.2. The molecule has 3 aromatic rings. The van der Waals surface area contributed by atoms with Crippen LogP contribution >= 0.6 is 35.0 Å². The summed E-state index contributed by atoms with van der Waals surface area (Å²) in [5, 5.41) is 0.320. The number of carbonyl (C=O) groups is 3. The molecule has 0 N–H and O–H groups in total. The summed E-state index contributed by atoms with van der Waals surface area (Å²) in [5.74, 6) is -0.165. The molecule has 1 fully saturated rings. The molecule has 32 heavy (non-hydrogen) atoms. The number of thioether (sulfide) groups is 1. The van der Waals surface area contributed by atoms with Gasteiger partial charge in [-0.2, -0.15) is 0 Å². The zero-order valence-corrected chi connectivity index (χ0v) is 19.0. The highest BCUT2D eigenvalue weighted by Crippen LogP contribution is 2.36.